The average Bonchev–Trinajstić information content (AvgIpc) is 3.24. The molecule has 2 saturated carbocycles. The Bertz CT molecular complexity index is 369. The molecule has 1 aliphatic heterocycles. The van der Waals surface area contributed by atoms with Crippen LogP contribution in [0.2, 0.25) is 0 Å². The number of carbonyl (C=O) groups excluding carboxylic acids is 1. The molecule has 20 heavy (non-hydrogen) atoms. The first-order valence-corrected chi connectivity index (χ1v) is 8.36. The van der Waals surface area contributed by atoms with Crippen molar-refractivity contribution < 1.29 is 9.90 Å². The van der Waals surface area contributed by atoms with Crippen LogP contribution in [0.1, 0.15) is 51.9 Å². The Labute approximate surface area is 122 Å². The van der Waals surface area contributed by atoms with Gasteiger partial charge in [0.2, 0.25) is 5.91 Å². The van der Waals surface area contributed by atoms with Crippen LogP contribution in [0.5, 0.6) is 0 Å². The molecule has 3 fully saturated rings. The number of rotatable bonds is 4. The highest BCUT2D eigenvalue weighted by Crippen LogP contribution is 2.39. The first kappa shape index (κ1) is 14.3. The minimum absolute atomic E-state index is 0.288. The predicted molar refractivity (Wildman–Crippen MR) is 78.4 cm³/mol. The maximum Gasteiger partial charge on any atom is 0.236 e. The van der Waals surface area contributed by atoms with E-state index in [1.54, 1.807) is 0 Å². The van der Waals surface area contributed by atoms with E-state index in [0.29, 0.717) is 18.5 Å². The van der Waals surface area contributed by atoms with E-state index in [4.69, 9.17) is 0 Å². The molecule has 2 aliphatic carbocycles. The predicted octanol–water partition coefficient (Wildman–Crippen LogP) is 1.62. The van der Waals surface area contributed by atoms with Crippen LogP contribution in [0.15, 0.2) is 0 Å². The molecule has 2 unspecified atom stereocenters. The molecule has 0 bridgehead atoms. The van der Waals surface area contributed by atoms with Crippen LogP contribution in [-0.2, 0) is 4.79 Å². The van der Waals surface area contributed by atoms with Gasteiger partial charge in [0.25, 0.3) is 0 Å². The van der Waals surface area contributed by atoms with Gasteiger partial charge in [-0.15, -0.1) is 0 Å². The van der Waals surface area contributed by atoms with Crippen molar-refractivity contribution in [1.82, 2.24) is 9.80 Å². The van der Waals surface area contributed by atoms with E-state index < -0.39 is 5.60 Å². The maximum absolute atomic E-state index is 12.4. The molecular weight excluding hydrogens is 252 g/mol. The second kappa shape index (κ2) is 5.64. The Morgan fingerprint density at radius 1 is 1.30 bits per heavy atom. The zero-order valence-corrected chi connectivity index (χ0v) is 12.7. The van der Waals surface area contributed by atoms with E-state index in [1.807, 2.05) is 4.90 Å². The highest BCUT2D eigenvalue weighted by atomic mass is 16.3. The topological polar surface area (TPSA) is 43.8 Å². The monoisotopic (exact) mass is 280 g/mol. The summed E-state index contributed by atoms with van der Waals surface area (Å²) in [6, 6.07) is 0.518. The van der Waals surface area contributed by atoms with Crippen LogP contribution in [-0.4, -0.2) is 58.6 Å². The molecule has 0 radical (unpaired) electrons. The molecule has 1 heterocycles. The Morgan fingerprint density at radius 3 is 2.80 bits per heavy atom. The summed E-state index contributed by atoms with van der Waals surface area (Å²) in [5, 5.41) is 10.7. The third-order valence-corrected chi connectivity index (χ3v) is 5.52. The number of aliphatic hydroxyl groups is 1. The molecule has 1 saturated heterocycles. The number of likely N-dealkylation sites (tertiary alicyclic amines) is 1. The summed E-state index contributed by atoms with van der Waals surface area (Å²) in [6.07, 6.45) is 7.70. The van der Waals surface area contributed by atoms with Gasteiger partial charge in [-0.25, -0.2) is 0 Å². The molecule has 3 aliphatic rings. The van der Waals surface area contributed by atoms with E-state index in [1.165, 1.54) is 19.3 Å². The molecule has 114 valence electrons. The molecule has 1 N–H and O–H groups in total. The normalized spacial score (nSPS) is 34.6. The Morgan fingerprint density at radius 2 is 2.10 bits per heavy atom. The lowest BCUT2D eigenvalue weighted by atomic mass is 9.71. The number of nitrogens with zero attached hydrogens (tertiary/aromatic N) is 2. The number of likely N-dealkylation sites (N-methyl/N-ethyl adjacent to an activating group) is 1. The zero-order valence-electron chi connectivity index (χ0n) is 12.7. The number of fused-ring (bicyclic) bond motifs is 1. The molecule has 2 atom stereocenters. The SMILES string of the molecule is CCN(C(=O)CN1CCC2(O)CCCCC2C1)C1CC1. The van der Waals surface area contributed by atoms with Crippen LogP contribution in [0.3, 0.4) is 0 Å². The highest BCUT2D eigenvalue weighted by Gasteiger charge is 2.43. The van der Waals surface area contributed by atoms with Crippen molar-refractivity contribution in [3.05, 3.63) is 0 Å². The minimum atomic E-state index is -0.432. The van der Waals surface area contributed by atoms with Gasteiger partial charge >= 0.3 is 0 Å². The molecule has 0 aromatic rings. The number of carbonyl (C=O) groups is 1. The van der Waals surface area contributed by atoms with Gasteiger partial charge in [0.1, 0.15) is 0 Å². The third kappa shape index (κ3) is 2.86. The quantitative estimate of drug-likeness (QED) is 0.851. The van der Waals surface area contributed by atoms with E-state index >= 15 is 0 Å². The lowest BCUT2D eigenvalue weighted by Crippen LogP contribution is -2.55. The number of hydrogen-bond acceptors (Lipinski definition) is 3. The fourth-order valence-electron chi connectivity index (χ4n) is 4.09. The second-order valence-electron chi connectivity index (χ2n) is 6.94. The van der Waals surface area contributed by atoms with Crippen molar-refractivity contribution in [3.8, 4) is 0 Å². The van der Waals surface area contributed by atoms with Gasteiger partial charge in [0.05, 0.1) is 12.1 Å². The van der Waals surface area contributed by atoms with Crippen LogP contribution in [0.4, 0.5) is 0 Å². The first-order valence-electron chi connectivity index (χ1n) is 8.36. The van der Waals surface area contributed by atoms with Crippen molar-refractivity contribution in [2.75, 3.05) is 26.2 Å². The van der Waals surface area contributed by atoms with Gasteiger partial charge in [0, 0.05) is 31.6 Å². The lowest BCUT2D eigenvalue weighted by molar-refractivity contribution is -0.137. The lowest BCUT2D eigenvalue weighted by Gasteiger charge is -2.47. The summed E-state index contributed by atoms with van der Waals surface area (Å²) in [6.45, 7) is 5.25. The van der Waals surface area contributed by atoms with E-state index in [2.05, 4.69) is 11.8 Å². The van der Waals surface area contributed by atoms with Crippen LogP contribution >= 0.6 is 0 Å². The summed E-state index contributed by atoms with van der Waals surface area (Å²) in [4.78, 5) is 16.7. The molecule has 1 amide bonds. The number of hydrogen-bond donors (Lipinski definition) is 1. The highest BCUT2D eigenvalue weighted by molar-refractivity contribution is 5.79. The van der Waals surface area contributed by atoms with E-state index in [9.17, 15) is 9.90 Å². The molecule has 3 rings (SSSR count). The summed E-state index contributed by atoms with van der Waals surface area (Å²) >= 11 is 0. The van der Waals surface area contributed by atoms with Crippen molar-refractivity contribution in [2.45, 2.75) is 63.5 Å². The first-order chi connectivity index (χ1) is 9.62. The number of piperidine rings is 1. The van der Waals surface area contributed by atoms with Crippen LogP contribution < -0.4 is 0 Å². The summed E-state index contributed by atoms with van der Waals surface area (Å²) < 4.78 is 0. The summed E-state index contributed by atoms with van der Waals surface area (Å²) in [5.41, 5.74) is -0.432. The Balaban J connectivity index is 1.55. The fraction of sp³-hybridized carbons (Fsp3) is 0.938. The van der Waals surface area contributed by atoms with Crippen LogP contribution in [0, 0.1) is 5.92 Å². The van der Waals surface area contributed by atoms with E-state index in [0.717, 1.165) is 45.3 Å². The largest absolute Gasteiger partial charge is 0.390 e. The molecule has 4 nitrogen and oxygen atoms in total. The standard InChI is InChI=1S/C16H28N2O2/c1-2-18(14-6-7-14)15(19)12-17-10-9-16(20)8-4-3-5-13(16)11-17/h13-14,20H,2-12H2,1H3. The Hall–Kier alpha value is -0.610. The molecule has 0 aromatic carbocycles. The third-order valence-electron chi connectivity index (χ3n) is 5.52. The maximum atomic E-state index is 12.4. The van der Waals surface area contributed by atoms with Crippen molar-refractivity contribution in [3.63, 3.8) is 0 Å². The molecule has 0 aromatic heterocycles. The van der Waals surface area contributed by atoms with Gasteiger partial charge in [-0.05, 0) is 39.0 Å². The number of amides is 1. The average molecular weight is 280 g/mol. The van der Waals surface area contributed by atoms with Crippen molar-refractivity contribution in [2.24, 2.45) is 5.92 Å². The van der Waals surface area contributed by atoms with Crippen LogP contribution in [0.25, 0.3) is 0 Å². The molecule has 0 spiro atoms. The Kier molecular flexibility index (Phi) is 4.04. The van der Waals surface area contributed by atoms with Crippen molar-refractivity contribution in [1.29, 1.82) is 0 Å². The molecular formula is C16H28N2O2. The van der Waals surface area contributed by atoms with Gasteiger partial charge < -0.3 is 10.0 Å². The summed E-state index contributed by atoms with van der Waals surface area (Å²) in [7, 11) is 0. The van der Waals surface area contributed by atoms with Gasteiger partial charge in [-0.1, -0.05) is 12.8 Å². The fourth-order valence-corrected chi connectivity index (χ4v) is 4.09. The zero-order chi connectivity index (χ0) is 14.2. The minimum Gasteiger partial charge on any atom is -0.390 e. The van der Waals surface area contributed by atoms with E-state index in [-0.39, 0.29) is 5.91 Å². The second-order valence-corrected chi connectivity index (χ2v) is 6.94. The van der Waals surface area contributed by atoms with Gasteiger partial charge in [-0.3, -0.25) is 9.69 Å². The van der Waals surface area contributed by atoms with Gasteiger partial charge in [-0.2, -0.15) is 0 Å². The summed E-state index contributed by atoms with van der Waals surface area (Å²) in [5.74, 6) is 0.671. The van der Waals surface area contributed by atoms with Crippen molar-refractivity contribution >= 4 is 5.91 Å². The molecule has 4 heteroatoms. The smallest absolute Gasteiger partial charge is 0.236 e. The van der Waals surface area contributed by atoms with Gasteiger partial charge in [0.15, 0.2) is 0 Å².